The van der Waals surface area contributed by atoms with Crippen molar-refractivity contribution < 1.29 is 19.1 Å². The van der Waals surface area contributed by atoms with Crippen molar-refractivity contribution in [3.8, 4) is 0 Å². The number of benzene rings is 2. The number of likely N-dealkylation sites (N-methyl/N-ethyl adjacent to an activating group) is 1. The Hall–Kier alpha value is -2.86. The highest BCUT2D eigenvalue weighted by molar-refractivity contribution is 6.33. The molecule has 0 saturated heterocycles. The van der Waals surface area contributed by atoms with E-state index in [1.54, 1.807) is 24.3 Å². The fourth-order valence-electron chi connectivity index (χ4n) is 2.44. The van der Waals surface area contributed by atoms with Crippen molar-refractivity contribution in [1.82, 2.24) is 4.90 Å². The smallest absolute Gasteiger partial charge is 0.310 e. The topological polar surface area (TPSA) is 75.7 Å². The second kappa shape index (κ2) is 9.90. The molecule has 0 aliphatic rings. The summed E-state index contributed by atoms with van der Waals surface area (Å²) in [4.78, 5) is 37.3. The third-order valence-electron chi connectivity index (χ3n) is 4.23. The van der Waals surface area contributed by atoms with Crippen molar-refractivity contribution in [3.63, 3.8) is 0 Å². The minimum absolute atomic E-state index is 0.0884. The molecule has 0 bridgehead atoms. The maximum Gasteiger partial charge on any atom is 0.310 e. The molecule has 0 saturated carbocycles. The van der Waals surface area contributed by atoms with Crippen LogP contribution in [0.2, 0.25) is 5.02 Å². The highest BCUT2D eigenvalue weighted by Crippen LogP contribution is 2.20. The predicted octanol–water partition coefficient (Wildman–Crippen LogP) is 3.14. The number of ether oxygens (including phenoxy) is 1. The zero-order valence-corrected chi connectivity index (χ0v) is 16.9. The molecule has 0 spiro atoms. The third kappa shape index (κ3) is 6.39. The van der Waals surface area contributed by atoms with Gasteiger partial charge in [-0.3, -0.25) is 14.4 Å². The van der Waals surface area contributed by atoms with Crippen LogP contribution in [0.4, 0.5) is 5.69 Å². The molecule has 0 aromatic heterocycles. The Morgan fingerprint density at radius 2 is 1.79 bits per heavy atom. The molecule has 0 aliphatic carbocycles. The van der Waals surface area contributed by atoms with E-state index in [0.717, 1.165) is 16.7 Å². The van der Waals surface area contributed by atoms with Crippen LogP contribution in [-0.4, -0.2) is 42.9 Å². The van der Waals surface area contributed by atoms with E-state index >= 15 is 0 Å². The zero-order chi connectivity index (χ0) is 20.7. The van der Waals surface area contributed by atoms with Gasteiger partial charge in [-0.15, -0.1) is 0 Å². The summed E-state index contributed by atoms with van der Waals surface area (Å²) in [6.07, 6.45) is 0.0884. The van der Waals surface area contributed by atoms with Crippen molar-refractivity contribution in [2.24, 2.45) is 0 Å². The van der Waals surface area contributed by atoms with Crippen molar-refractivity contribution >= 4 is 35.1 Å². The summed E-state index contributed by atoms with van der Waals surface area (Å²) in [6, 6.07) is 12.5. The largest absolute Gasteiger partial charge is 0.455 e. The van der Waals surface area contributed by atoms with Gasteiger partial charge < -0.3 is 15.0 Å². The number of esters is 1. The molecule has 2 rings (SSSR count). The first-order valence-corrected chi connectivity index (χ1v) is 9.14. The molecule has 0 aliphatic heterocycles. The lowest BCUT2D eigenvalue weighted by molar-refractivity contribution is -0.151. The molecular formula is C21H23ClN2O4. The van der Waals surface area contributed by atoms with Crippen LogP contribution >= 0.6 is 11.6 Å². The highest BCUT2D eigenvalue weighted by atomic mass is 35.5. The summed E-state index contributed by atoms with van der Waals surface area (Å²) in [7, 11) is 1.46. The summed E-state index contributed by atoms with van der Waals surface area (Å²) in [5, 5.41) is 3.04. The number of hydrogen-bond donors (Lipinski definition) is 1. The summed E-state index contributed by atoms with van der Waals surface area (Å²) in [5.74, 6) is -1.36. The summed E-state index contributed by atoms with van der Waals surface area (Å²) >= 11 is 5.98. The number of anilines is 1. The Balaban J connectivity index is 1.78. The lowest BCUT2D eigenvalue weighted by atomic mass is 10.0. The molecule has 0 heterocycles. The van der Waals surface area contributed by atoms with Gasteiger partial charge in [-0.1, -0.05) is 41.9 Å². The van der Waals surface area contributed by atoms with E-state index in [-0.39, 0.29) is 13.0 Å². The monoisotopic (exact) mass is 402 g/mol. The van der Waals surface area contributed by atoms with Gasteiger partial charge in [-0.05, 0) is 42.7 Å². The van der Waals surface area contributed by atoms with E-state index in [9.17, 15) is 14.4 Å². The van der Waals surface area contributed by atoms with Crippen LogP contribution in [0.3, 0.4) is 0 Å². The van der Waals surface area contributed by atoms with Gasteiger partial charge in [0, 0.05) is 7.05 Å². The van der Waals surface area contributed by atoms with Gasteiger partial charge in [0.25, 0.3) is 5.91 Å². The molecule has 7 heteroatoms. The Morgan fingerprint density at radius 1 is 1.07 bits per heavy atom. The lowest BCUT2D eigenvalue weighted by Crippen LogP contribution is -2.37. The van der Waals surface area contributed by atoms with Crippen molar-refractivity contribution in [1.29, 1.82) is 0 Å². The quantitative estimate of drug-likeness (QED) is 0.722. The van der Waals surface area contributed by atoms with Gasteiger partial charge in [-0.2, -0.15) is 0 Å². The molecule has 2 aromatic carbocycles. The molecule has 0 fully saturated rings. The lowest BCUT2D eigenvalue weighted by Gasteiger charge is -2.17. The van der Waals surface area contributed by atoms with Crippen LogP contribution in [-0.2, 0) is 25.5 Å². The van der Waals surface area contributed by atoms with Crippen LogP contribution in [0.15, 0.2) is 42.5 Å². The SMILES string of the molecule is Cc1ccc(CC(=O)OCC(=O)N(C)CC(=O)Nc2ccccc2Cl)cc1C. The van der Waals surface area contributed by atoms with Crippen molar-refractivity contribution in [2.75, 3.05) is 25.5 Å². The molecule has 6 nitrogen and oxygen atoms in total. The fraction of sp³-hybridized carbons (Fsp3) is 0.286. The van der Waals surface area contributed by atoms with Gasteiger partial charge in [0.1, 0.15) is 0 Å². The molecule has 0 unspecified atom stereocenters. The number of nitrogens with one attached hydrogen (secondary N) is 1. The molecule has 28 heavy (non-hydrogen) atoms. The van der Waals surface area contributed by atoms with E-state index in [1.807, 2.05) is 32.0 Å². The van der Waals surface area contributed by atoms with Crippen LogP contribution in [0.25, 0.3) is 0 Å². The number of carbonyl (C=O) groups excluding carboxylic acids is 3. The molecule has 2 amide bonds. The van der Waals surface area contributed by atoms with Crippen molar-refractivity contribution in [2.45, 2.75) is 20.3 Å². The van der Waals surface area contributed by atoms with Crippen LogP contribution < -0.4 is 5.32 Å². The van der Waals surface area contributed by atoms with Crippen LogP contribution in [0.5, 0.6) is 0 Å². The van der Waals surface area contributed by atoms with E-state index in [4.69, 9.17) is 16.3 Å². The molecule has 2 aromatic rings. The second-order valence-corrected chi connectivity index (χ2v) is 6.94. The summed E-state index contributed by atoms with van der Waals surface area (Å²) < 4.78 is 5.04. The van der Waals surface area contributed by atoms with Gasteiger partial charge in [-0.25, -0.2) is 0 Å². The average molecular weight is 403 g/mol. The van der Waals surface area contributed by atoms with E-state index in [2.05, 4.69) is 5.32 Å². The maximum absolute atomic E-state index is 12.1. The Labute approximate surface area is 169 Å². The molecule has 1 N–H and O–H groups in total. The van der Waals surface area contributed by atoms with Crippen LogP contribution in [0.1, 0.15) is 16.7 Å². The highest BCUT2D eigenvalue weighted by Gasteiger charge is 2.16. The number of amides is 2. The Bertz CT molecular complexity index is 882. The molecule has 148 valence electrons. The Kier molecular flexibility index (Phi) is 7.58. The van der Waals surface area contributed by atoms with Crippen molar-refractivity contribution in [3.05, 3.63) is 64.2 Å². The number of hydrogen-bond acceptors (Lipinski definition) is 4. The first-order valence-electron chi connectivity index (χ1n) is 8.76. The van der Waals surface area contributed by atoms with Gasteiger partial charge in [0.15, 0.2) is 6.61 Å². The van der Waals surface area contributed by atoms with Gasteiger partial charge in [0.05, 0.1) is 23.7 Å². The number of nitrogens with zero attached hydrogens (tertiary/aromatic N) is 1. The minimum atomic E-state index is -0.495. The maximum atomic E-state index is 12.1. The molecule has 0 atom stereocenters. The van der Waals surface area contributed by atoms with Gasteiger partial charge in [0.2, 0.25) is 5.91 Å². The number of carbonyl (C=O) groups is 3. The second-order valence-electron chi connectivity index (χ2n) is 6.53. The number of aryl methyl sites for hydroxylation is 2. The van der Waals surface area contributed by atoms with E-state index < -0.39 is 24.4 Å². The van der Waals surface area contributed by atoms with E-state index in [1.165, 1.54) is 11.9 Å². The van der Waals surface area contributed by atoms with Gasteiger partial charge >= 0.3 is 5.97 Å². The first kappa shape index (κ1) is 21.4. The minimum Gasteiger partial charge on any atom is -0.455 e. The average Bonchev–Trinajstić information content (AvgIpc) is 2.64. The van der Waals surface area contributed by atoms with E-state index in [0.29, 0.717) is 10.7 Å². The first-order chi connectivity index (χ1) is 13.3. The predicted molar refractivity (Wildman–Crippen MR) is 108 cm³/mol. The summed E-state index contributed by atoms with van der Waals surface area (Å²) in [5.41, 5.74) is 3.53. The Morgan fingerprint density at radius 3 is 2.46 bits per heavy atom. The normalized spacial score (nSPS) is 10.3. The summed E-state index contributed by atoms with van der Waals surface area (Å²) in [6.45, 7) is 3.36. The molecule has 0 radical (unpaired) electrons. The number of rotatable bonds is 7. The number of para-hydroxylation sites is 1. The zero-order valence-electron chi connectivity index (χ0n) is 16.1. The number of halogens is 1. The third-order valence-corrected chi connectivity index (χ3v) is 4.56. The standard InChI is InChI=1S/C21H23ClN2O4/c1-14-8-9-16(10-15(14)2)11-21(27)28-13-20(26)24(3)12-19(25)23-18-7-5-4-6-17(18)22/h4-10H,11-13H2,1-3H3,(H,23,25). The molecular weight excluding hydrogens is 380 g/mol. The fourth-order valence-corrected chi connectivity index (χ4v) is 2.62. The van der Waals surface area contributed by atoms with Crippen LogP contribution in [0, 0.1) is 13.8 Å².